The van der Waals surface area contributed by atoms with E-state index in [2.05, 4.69) is 5.32 Å². The van der Waals surface area contributed by atoms with Gasteiger partial charge in [0.1, 0.15) is 13.2 Å². The van der Waals surface area contributed by atoms with E-state index in [0.29, 0.717) is 40.8 Å². The molecule has 0 atom stereocenters. The van der Waals surface area contributed by atoms with Crippen LogP contribution in [0.1, 0.15) is 15.2 Å². The number of hydrogen-bond donors (Lipinski definition) is 2. The zero-order valence-corrected chi connectivity index (χ0v) is 17.1. The highest BCUT2D eigenvalue weighted by molar-refractivity contribution is 7.89. The lowest BCUT2D eigenvalue weighted by atomic mass is 10.1. The number of anilines is 1. The van der Waals surface area contributed by atoms with Gasteiger partial charge in [-0.15, -0.1) is 11.3 Å². The van der Waals surface area contributed by atoms with Crippen LogP contribution in [0.5, 0.6) is 11.5 Å². The topological polar surface area (TPSA) is 108 Å². The first-order chi connectivity index (χ1) is 13.8. The average Bonchev–Trinajstić information content (AvgIpc) is 3.18. The number of aryl methyl sites for hydroxylation is 1. The molecule has 1 amide bonds. The van der Waals surface area contributed by atoms with E-state index >= 15 is 0 Å². The molecule has 0 fully saturated rings. The molecule has 150 valence electrons. The van der Waals surface area contributed by atoms with Gasteiger partial charge in [0, 0.05) is 10.6 Å². The molecule has 0 aliphatic carbocycles. The molecule has 29 heavy (non-hydrogen) atoms. The molecular weight excluding hydrogens is 412 g/mol. The maximum atomic E-state index is 12.6. The van der Waals surface area contributed by atoms with Gasteiger partial charge >= 0.3 is 0 Å². The Morgan fingerprint density at radius 2 is 1.79 bits per heavy atom. The van der Waals surface area contributed by atoms with E-state index < -0.39 is 10.0 Å². The number of ether oxygens (including phenoxy) is 2. The summed E-state index contributed by atoms with van der Waals surface area (Å²) in [5.74, 6) is 1.06. The molecule has 0 saturated carbocycles. The van der Waals surface area contributed by atoms with E-state index in [1.807, 2.05) is 24.3 Å². The molecule has 2 aromatic carbocycles. The molecule has 0 saturated heterocycles. The van der Waals surface area contributed by atoms with E-state index in [1.165, 1.54) is 17.4 Å². The van der Waals surface area contributed by atoms with Crippen molar-refractivity contribution in [1.29, 1.82) is 0 Å². The van der Waals surface area contributed by atoms with Gasteiger partial charge < -0.3 is 14.8 Å². The van der Waals surface area contributed by atoms with Gasteiger partial charge in [-0.25, -0.2) is 13.6 Å². The van der Waals surface area contributed by atoms with Gasteiger partial charge in [-0.2, -0.15) is 0 Å². The van der Waals surface area contributed by atoms with Crippen LogP contribution in [0.3, 0.4) is 0 Å². The van der Waals surface area contributed by atoms with Gasteiger partial charge in [0.2, 0.25) is 10.0 Å². The minimum atomic E-state index is -3.87. The van der Waals surface area contributed by atoms with Crippen LogP contribution >= 0.6 is 11.3 Å². The number of thiophene rings is 1. The zero-order chi connectivity index (χ0) is 20.6. The Balaban J connectivity index is 1.55. The number of fused-ring (bicyclic) bond motifs is 1. The second-order valence-electron chi connectivity index (χ2n) is 6.50. The molecule has 0 spiro atoms. The smallest absolute Gasteiger partial charge is 0.265 e. The number of nitrogens with one attached hydrogen (secondary N) is 1. The van der Waals surface area contributed by atoms with Crippen LogP contribution in [0.15, 0.2) is 53.4 Å². The summed E-state index contributed by atoms with van der Waals surface area (Å²) in [5, 5.41) is 7.95. The molecule has 1 aliphatic rings. The van der Waals surface area contributed by atoms with Crippen LogP contribution in [0.25, 0.3) is 10.4 Å². The summed E-state index contributed by atoms with van der Waals surface area (Å²) in [6.45, 7) is 2.68. The van der Waals surface area contributed by atoms with Crippen molar-refractivity contribution in [2.45, 2.75) is 11.8 Å². The maximum absolute atomic E-state index is 12.6. The number of amides is 1. The quantitative estimate of drug-likeness (QED) is 0.660. The second-order valence-corrected chi connectivity index (χ2v) is 9.12. The lowest BCUT2D eigenvalue weighted by Gasteiger charge is -2.18. The molecule has 3 aromatic rings. The van der Waals surface area contributed by atoms with Crippen LogP contribution < -0.4 is 19.9 Å². The lowest BCUT2D eigenvalue weighted by molar-refractivity contribution is 0.103. The maximum Gasteiger partial charge on any atom is 0.265 e. The predicted molar refractivity (Wildman–Crippen MR) is 111 cm³/mol. The Hall–Kier alpha value is -2.88. The van der Waals surface area contributed by atoms with E-state index in [0.717, 1.165) is 10.4 Å². The molecule has 0 bridgehead atoms. The van der Waals surface area contributed by atoms with Crippen molar-refractivity contribution in [2.75, 3.05) is 18.5 Å². The number of carbonyl (C=O) groups excluding carboxylic acids is 1. The molecule has 7 nitrogen and oxygen atoms in total. The summed E-state index contributed by atoms with van der Waals surface area (Å²) < 4.78 is 34.5. The number of hydrogen-bond acceptors (Lipinski definition) is 6. The Morgan fingerprint density at radius 1 is 1.03 bits per heavy atom. The minimum Gasteiger partial charge on any atom is -0.486 e. The van der Waals surface area contributed by atoms with Crippen molar-refractivity contribution in [3.05, 3.63) is 59.0 Å². The van der Waals surface area contributed by atoms with Gasteiger partial charge in [0.05, 0.1) is 9.77 Å². The third-order valence-electron chi connectivity index (χ3n) is 4.41. The zero-order valence-electron chi connectivity index (χ0n) is 15.5. The van der Waals surface area contributed by atoms with Crippen molar-refractivity contribution in [3.8, 4) is 21.9 Å². The molecule has 1 aliphatic heterocycles. The highest BCUT2D eigenvalue weighted by Crippen LogP contribution is 2.37. The fraction of sp³-hybridized carbons (Fsp3) is 0.150. The first-order valence-corrected chi connectivity index (χ1v) is 11.1. The van der Waals surface area contributed by atoms with E-state index in [-0.39, 0.29) is 10.8 Å². The van der Waals surface area contributed by atoms with Crippen LogP contribution in [0.4, 0.5) is 5.69 Å². The van der Waals surface area contributed by atoms with Gasteiger partial charge in [-0.3, -0.25) is 4.79 Å². The SMILES string of the molecule is Cc1ccc(NC(=O)c2ccc(-c3ccc4c(c3)OCCO4)s2)cc1S(N)(=O)=O. The van der Waals surface area contributed by atoms with Gasteiger partial charge in [0.15, 0.2) is 11.5 Å². The highest BCUT2D eigenvalue weighted by atomic mass is 32.2. The van der Waals surface area contributed by atoms with Crippen molar-refractivity contribution in [3.63, 3.8) is 0 Å². The fourth-order valence-corrected chi connectivity index (χ4v) is 4.69. The largest absolute Gasteiger partial charge is 0.486 e. The fourth-order valence-electron chi connectivity index (χ4n) is 2.99. The summed E-state index contributed by atoms with van der Waals surface area (Å²) in [7, 11) is -3.87. The van der Waals surface area contributed by atoms with Crippen LogP contribution in [0, 0.1) is 6.92 Å². The van der Waals surface area contributed by atoms with Crippen molar-refractivity contribution < 1.29 is 22.7 Å². The molecular formula is C20H18N2O5S2. The number of primary sulfonamides is 1. The number of benzene rings is 2. The van der Waals surface area contributed by atoms with Crippen LogP contribution in [-0.4, -0.2) is 27.5 Å². The minimum absolute atomic E-state index is 0.0153. The molecule has 4 rings (SSSR count). The Bertz CT molecular complexity index is 1200. The monoisotopic (exact) mass is 430 g/mol. The number of rotatable bonds is 4. The summed E-state index contributed by atoms with van der Waals surface area (Å²) in [5.41, 5.74) is 1.80. The van der Waals surface area contributed by atoms with Gasteiger partial charge in [0.25, 0.3) is 5.91 Å². The Labute approximate surface area is 172 Å². The molecule has 1 aromatic heterocycles. The molecule has 0 radical (unpaired) electrons. The molecule has 2 heterocycles. The van der Waals surface area contributed by atoms with Crippen LogP contribution in [-0.2, 0) is 10.0 Å². The summed E-state index contributed by atoms with van der Waals surface area (Å²) >= 11 is 1.33. The van der Waals surface area contributed by atoms with E-state index in [4.69, 9.17) is 14.6 Å². The lowest BCUT2D eigenvalue weighted by Crippen LogP contribution is -2.15. The Morgan fingerprint density at radius 3 is 2.55 bits per heavy atom. The number of nitrogens with two attached hydrogens (primary N) is 1. The number of carbonyl (C=O) groups is 1. The van der Waals surface area contributed by atoms with Crippen molar-refractivity contribution in [2.24, 2.45) is 5.14 Å². The van der Waals surface area contributed by atoms with Crippen molar-refractivity contribution >= 4 is 33.0 Å². The van der Waals surface area contributed by atoms with Gasteiger partial charge in [-0.05, 0) is 60.5 Å². The number of sulfonamides is 1. The van der Waals surface area contributed by atoms with Crippen LogP contribution in [0.2, 0.25) is 0 Å². The second kappa shape index (κ2) is 7.51. The molecule has 0 unspecified atom stereocenters. The summed E-state index contributed by atoms with van der Waals surface area (Å²) in [6.07, 6.45) is 0. The molecule has 9 heteroatoms. The first-order valence-electron chi connectivity index (χ1n) is 8.76. The van der Waals surface area contributed by atoms with E-state index in [1.54, 1.807) is 25.1 Å². The predicted octanol–water partition coefficient (Wildman–Crippen LogP) is 3.39. The normalized spacial score (nSPS) is 13.2. The summed E-state index contributed by atoms with van der Waals surface area (Å²) in [6, 6.07) is 13.8. The first kappa shape index (κ1) is 19.4. The van der Waals surface area contributed by atoms with Crippen molar-refractivity contribution in [1.82, 2.24) is 0 Å². The third-order valence-corrected chi connectivity index (χ3v) is 6.59. The van der Waals surface area contributed by atoms with E-state index in [9.17, 15) is 13.2 Å². The molecule has 3 N–H and O–H groups in total. The third kappa shape index (κ3) is 4.12. The highest BCUT2D eigenvalue weighted by Gasteiger charge is 2.17. The standard InChI is InChI=1S/C20H18N2O5S2/c1-12-2-4-14(11-19(12)29(21,24)25)22-20(23)18-7-6-17(28-18)13-3-5-15-16(10-13)27-9-8-26-15/h2-7,10-11H,8-9H2,1H3,(H,22,23)(H2,21,24,25). The van der Waals surface area contributed by atoms with Gasteiger partial charge in [-0.1, -0.05) is 6.07 Å². The summed E-state index contributed by atoms with van der Waals surface area (Å²) in [4.78, 5) is 14.0. The average molecular weight is 431 g/mol. The Kier molecular flexibility index (Phi) is 5.03.